The molecule has 120 valence electrons. The number of hydrogen-bond acceptors (Lipinski definition) is 5. The summed E-state index contributed by atoms with van der Waals surface area (Å²) in [5, 5.41) is 0.469. The van der Waals surface area contributed by atoms with Crippen LogP contribution in [0.2, 0.25) is 0 Å². The van der Waals surface area contributed by atoms with Gasteiger partial charge >= 0.3 is 0 Å². The highest BCUT2D eigenvalue weighted by Gasteiger charge is 2.18. The molecule has 0 bridgehead atoms. The third-order valence-corrected chi connectivity index (χ3v) is 4.81. The molecule has 0 unspecified atom stereocenters. The fraction of sp³-hybridized carbons (Fsp3) is 0.250. The van der Waals surface area contributed by atoms with Crippen LogP contribution in [-0.4, -0.2) is 29.0 Å². The number of nitrogen functional groups attached to an aromatic ring is 1. The molecule has 3 rings (SSSR count). The van der Waals surface area contributed by atoms with Gasteiger partial charge in [-0.25, -0.2) is 9.37 Å². The summed E-state index contributed by atoms with van der Waals surface area (Å²) in [7, 11) is 3.92. The van der Waals surface area contributed by atoms with Gasteiger partial charge in [-0.1, -0.05) is 6.07 Å². The highest BCUT2D eigenvalue weighted by molar-refractivity contribution is 7.22. The summed E-state index contributed by atoms with van der Waals surface area (Å²) in [6.45, 7) is 2.52. The Balaban J connectivity index is 2.23. The maximum Gasteiger partial charge on any atom is 0.261 e. The Labute approximate surface area is 136 Å². The van der Waals surface area contributed by atoms with Crippen molar-refractivity contribution < 1.29 is 4.39 Å². The Kier molecular flexibility index (Phi) is 3.91. The maximum atomic E-state index is 14.3. The number of benzene rings is 1. The van der Waals surface area contributed by atoms with E-state index < -0.39 is 0 Å². The summed E-state index contributed by atoms with van der Waals surface area (Å²) < 4.78 is 14.3. The number of aromatic nitrogens is 2. The second-order valence-corrected chi connectivity index (χ2v) is 6.74. The van der Waals surface area contributed by atoms with E-state index in [9.17, 15) is 9.18 Å². The molecule has 3 aromatic rings. The molecule has 23 heavy (non-hydrogen) atoms. The van der Waals surface area contributed by atoms with E-state index in [0.717, 1.165) is 11.1 Å². The van der Waals surface area contributed by atoms with Gasteiger partial charge in [0.2, 0.25) is 5.95 Å². The average Bonchev–Trinajstić information content (AvgIpc) is 2.77. The summed E-state index contributed by atoms with van der Waals surface area (Å²) in [5.41, 5.74) is 7.51. The number of hydrogen-bond donors (Lipinski definition) is 2. The number of fused-ring (bicyclic) bond motifs is 1. The SMILES string of the molecule is Cc1c(-c2cc(CN(C)C)ccc2F)sc2nc(N)[nH]c(=O)c12. The zero-order chi connectivity index (χ0) is 16.7. The third-order valence-electron chi connectivity index (χ3n) is 3.59. The summed E-state index contributed by atoms with van der Waals surface area (Å²) in [6.07, 6.45) is 0. The lowest BCUT2D eigenvalue weighted by Gasteiger charge is -2.11. The lowest BCUT2D eigenvalue weighted by molar-refractivity contribution is 0.402. The van der Waals surface area contributed by atoms with Crippen molar-refractivity contribution in [3.05, 3.63) is 45.5 Å². The van der Waals surface area contributed by atoms with Crippen molar-refractivity contribution in [3.63, 3.8) is 0 Å². The molecule has 5 nitrogen and oxygen atoms in total. The highest BCUT2D eigenvalue weighted by atomic mass is 32.1. The number of anilines is 1. The van der Waals surface area contributed by atoms with Crippen molar-refractivity contribution in [1.29, 1.82) is 0 Å². The van der Waals surface area contributed by atoms with E-state index in [1.54, 1.807) is 13.0 Å². The van der Waals surface area contributed by atoms with Gasteiger partial charge in [-0.15, -0.1) is 11.3 Å². The molecule has 0 fully saturated rings. The molecular formula is C16H17FN4OS. The quantitative estimate of drug-likeness (QED) is 0.773. The molecule has 0 saturated carbocycles. The van der Waals surface area contributed by atoms with Gasteiger partial charge in [0.25, 0.3) is 5.56 Å². The minimum Gasteiger partial charge on any atom is -0.369 e. The van der Waals surface area contributed by atoms with Crippen LogP contribution in [0.5, 0.6) is 0 Å². The van der Waals surface area contributed by atoms with E-state index in [1.165, 1.54) is 17.4 Å². The van der Waals surface area contributed by atoms with E-state index >= 15 is 0 Å². The van der Waals surface area contributed by atoms with Gasteiger partial charge in [-0.05, 0) is 44.3 Å². The lowest BCUT2D eigenvalue weighted by atomic mass is 10.0. The van der Waals surface area contributed by atoms with Gasteiger partial charge in [-0.2, -0.15) is 0 Å². The normalized spacial score (nSPS) is 11.5. The van der Waals surface area contributed by atoms with Crippen LogP contribution in [0.25, 0.3) is 20.7 Å². The minimum atomic E-state index is -0.313. The molecule has 0 aliphatic rings. The number of nitrogens with two attached hydrogens (primary N) is 1. The maximum absolute atomic E-state index is 14.3. The number of halogens is 1. The Morgan fingerprint density at radius 1 is 1.39 bits per heavy atom. The number of thiophene rings is 1. The van der Waals surface area contributed by atoms with Crippen LogP contribution in [0, 0.1) is 12.7 Å². The first kappa shape index (κ1) is 15.6. The summed E-state index contributed by atoms with van der Waals surface area (Å²) in [5.74, 6) is -0.247. The summed E-state index contributed by atoms with van der Waals surface area (Å²) in [6, 6.07) is 5.05. The molecule has 0 saturated heterocycles. The van der Waals surface area contributed by atoms with Gasteiger partial charge in [0.15, 0.2) is 0 Å². The smallest absolute Gasteiger partial charge is 0.261 e. The van der Waals surface area contributed by atoms with Gasteiger partial charge in [-0.3, -0.25) is 9.78 Å². The number of H-pyrrole nitrogens is 1. The molecule has 7 heteroatoms. The first-order chi connectivity index (χ1) is 10.9. The topological polar surface area (TPSA) is 75.0 Å². The zero-order valence-corrected chi connectivity index (χ0v) is 13.9. The number of aryl methyl sites for hydroxylation is 1. The Bertz CT molecular complexity index is 945. The van der Waals surface area contributed by atoms with Crippen molar-refractivity contribution in [2.45, 2.75) is 13.5 Å². The molecular weight excluding hydrogens is 315 g/mol. The second kappa shape index (κ2) is 5.75. The van der Waals surface area contributed by atoms with Crippen LogP contribution in [-0.2, 0) is 6.54 Å². The van der Waals surface area contributed by atoms with Crippen LogP contribution < -0.4 is 11.3 Å². The lowest BCUT2D eigenvalue weighted by Crippen LogP contribution is -2.11. The van der Waals surface area contributed by atoms with Crippen LogP contribution in [0.4, 0.5) is 10.3 Å². The molecule has 2 aromatic heterocycles. The van der Waals surface area contributed by atoms with E-state index in [1.807, 2.05) is 25.1 Å². The molecule has 0 aliphatic carbocycles. The van der Waals surface area contributed by atoms with Crippen molar-refractivity contribution in [3.8, 4) is 10.4 Å². The standard InChI is InChI=1S/C16H17FN4OS/c1-8-12-14(22)19-16(18)20-15(12)23-13(8)10-6-9(7-21(2)3)4-5-11(10)17/h4-6H,7H2,1-3H3,(H3,18,19,20,22). The van der Waals surface area contributed by atoms with Crippen LogP contribution in [0.15, 0.2) is 23.0 Å². The molecule has 1 aromatic carbocycles. The minimum absolute atomic E-state index is 0.0668. The van der Waals surface area contributed by atoms with Crippen molar-refractivity contribution >= 4 is 27.5 Å². The van der Waals surface area contributed by atoms with E-state index in [4.69, 9.17) is 5.73 Å². The van der Waals surface area contributed by atoms with Crippen molar-refractivity contribution in [2.24, 2.45) is 0 Å². The van der Waals surface area contributed by atoms with Crippen LogP contribution in [0.1, 0.15) is 11.1 Å². The molecule has 0 spiro atoms. The third kappa shape index (κ3) is 2.85. The Morgan fingerprint density at radius 3 is 2.83 bits per heavy atom. The molecule has 0 aliphatic heterocycles. The first-order valence-corrected chi connectivity index (χ1v) is 7.91. The van der Waals surface area contributed by atoms with Crippen LogP contribution >= 0.6 is 11.3 Å². The molecule has 0 atom stereocenters. The fourth-order valence-electron chi connectivity index (χ4n) is 2.63. The summed E-state index contributed by atoms with van der Waals surface area (Å²) >= 11 is 1.28. The number of aromatic amines is 1. The van der Waals surface area contributed by atoms with E-state index in [-0.39, 0.29) is 17.3 Å². The largest absolute Gasteiger partial charge is 0.369 e. The van der Waals surface area contributed by atoms with E-state index in [2.05, 4.69) is 9.97 Å². The Morgan fingerprint density at radius 2 is 2.13 bits per heavy atom. The predicted octanol–water partition coefficient (Wildman–Crippen LogP) is 2.74. The monoisotopic (exact) mass is 332 g/mol. The van der Waals surface area contributed by atoms with Gasteiger partial charge in [0, 0.05) is 17.0 Å². The van der Waals surface area contributed by atoms with Gasteiger partial charge < -0.3 is 10.6 Å². The first-order valence-electron chi connectivity index (χ1n) is 7.09. The molecule has 3 N–H and O–H groups in total. The second-order valence-electron chi connectivity index (χ2n) is 5.74. The van der Waals surface area contributed by atoms with Crippen molar-refractivity contribution in [1.82, 2.24) is 14.9 Å². The van der Waals surface area contributed by atoms with Crippen molar-refractivity contribution in [2.75, 3.05) is 19.8 Å². The summed E-state index contributed by atoms with van der Waals surface area (Å²) in [4.78, 5) is 22.0. The molecule has 2 heterocycles. The highest BCUT2D eigenvalue weighted by Crippen LogP contribution is 2.37. The Hall–Kier alpha value is -2.25. The van der Waals surface area contributed by atoms with Gasteiger partial charge in [0.05, 0.1) is 5.39 Å². The predicted molar refractivity (Wildman–Crippen MR) is 92.2 cm³/mol. The average molecular weight is 332 g/mol. The van der Waals surface area contributed by atoms with Crippen LogP contribution in [0.3, 0.4) is 0 Å². The zero-order valence-electron chi connectivity index (χ0n) is 13.1. The number of nitrogens with one attached hydrogen (secondary N) is 1. The molecule has 0 radical (unpaired) electrons. The fourth-order valence-corrected chi connectivity index (χ4v) is 3.83. The number of nitrogens with zero attached hydrogens (tertiary/aromatic N) is 2. The van der Waals surface area contributed by atoms with E-state index in [0.29, 0.717) is 27.2 Å². The molecule has 0 amide bonds. The van der Waals surface area contributed by atoms with Gasteiger partial charge in [0.1, 0.15) is 10.6 Å². The number of rotatable bonds is 3.